The van der Waals surface area contributed by atoms with E-state index in [4.69, 9.17) is 9.72 Å². The predicted molar refractivity (Wildman–Crippen MR) is 95.4 cm³/mol. The van der Waals surface area contributed by atoms with E-state index in [2.05, 4.69) is 23.0 Å². The Kier molecular flexibility index (Phi) is 6.39. The van der Waals surface area contributed by atoms with Gasteiger partial charge in [-0.15, -0.1) is 0 Å². The maximum Gasteiger partial charge on any atom is 0.177 e. The minimum absolute atomic E-state index is 0.666. The van der Waals surface area contributed by atoms with Gasteiger partial charge in [0.05, 0.1) is 36.5 Å². The van der Waals surface area contributed by atoms with E-state index in [0.29, 0.717) is 5.92 Å². The van der Waals surface area contributed by atoms with Gasteiger partial charge in [-0.3, -0.25) is 0 Å². The number of morpholine rings is 1. The van der Waals surface area contributed by atoms with Crippen molar-refractivity contribution in [2.45, 2.75) is 53.4 Å². The first-order valence-corrected chi connectivity index (χ1v) is 9.01. The zero-order valence-electron chi connectivity index (χ0n) is 15.2. The Hall–Kier alpha value is -1.62. The number of nitrogens with zero attached hydrogens (tertiary/aromatic N) is 4. The fourth-order valence-electron chi connectivity index (χ4n) is 2.86. The molecule has 1 aliphatic carbocycles. The van der Waals surface area contributed by atoms with Crippen molar-refractivity contribution >= 4 is 11.3 Å². The number of rotatable bonds is 2. The second-order valence-corrected chi connectivity index (χ2v) is 5.41. The minimum atomic E-state index is 0.666. The molecule has 2 fully saturated rings. The fraction of sp³-hybridized carbons (Fsp3) is 0.667. The van der Waals surface area contributed by atoms with Crippen LogP contribution in [0, 0.1) is 6.92 Å². The SMILES string of the molecule is CC.CC.Cc1c(C2CC2)nc2c(N3CCOCC3)ccnn12. The smallest absolute Gasteiger partial charge is 0.177 e. The molecule has 0 N–H and O–H groups in total. The number of hydrogen-bond donors (Lipinski definition) is 0. The molecule has 5 nitrogen and oxygen atoms in total. The van der Waals surface area contributed by atoms with Gasteiger partial charge in [-0.05, 0) is 25.8 Å². The highest BCUT2D eigenvalue weighted by atomic mass is 16.5. The zero-order chi connectivity index (χ0) is 16.8. The lowest BCUT2D eigenvalue weighted by Gasteiger charge is -2.28. The second-order valence-electron chi connectivity index (χ2n) is 5.41. The lowest BCUT2D eigenvalue weighted by atomic mass is 10.2. The first-order chi connectivity index (χ1) is 11.3. The lowest BCUT2D eigenvalue weighted by Crippen LogP contribution is -2.36. The van der Waals surface area contributed by atoms with Crippen LogP contribution in [-0.4, -0.2) is 40.9 Å². The molecule has 0 spiro atoms. The van der Waals surface area contributed by atoms with E-state index in [1.54, 1.807) is 0 Å². The van der Waals surface area contributed by atoms with Gasteiger partial charge in [-0.1, -0.05) is 27.7 Å². The van der Waals surface area contributed by atoms with Gasteiger partial charge in [-0.2, -0.15) is 5.10 Å². The Bertz CT molecular complexity index is 613. The molecule has 0 atom stereocenters. The van der Waals surface area contributed by atoms with Crippen LogP contribution in [0.3, 0.4) is 0 Å². The molecule has 1 aliphatic heterocycles. The van der Waals surface area contributed by atoms with Crippen LogP contribution in [-0.2, 0) is 4.74 Å². The van der Waals surface area contributed by atoms with Crippen LogP contribution >= 0.6 is 0 Å². The highest BCUT2D eigenvalue weighted by Gasteiger charge is 2.30. The number of ether oxygens (including phenoxy) is 1. The fourth-order valence-corrected chi connectivity index (χ4v) is 2.86. The van der Waals surface area contributed by atoms with Crippen LogP contribution in [0.4, 0.5) is 5.69 Å². The van der Waals surface area contributed by atoms with Crippen LogP contribution in [0.15, 0.2) is 12.3 Å². The summed E-state index contributed by atoms with van der Waals surface area (Å²) in [5, 5.41) is 4.46. The summed E-state index contributed by atoms with van der Waals surface area (Å²) in [6, 6.07) is 2.07. The molecule has 1 saturated carbocycles. The largest absolute Gasteiger partial charge is 0.378 e. The van der Waals surface area contributed by atoms with E-state index in [-0.39, 0.29) is 0 Å². The van der Waals surface area contributed by atoms with Gasteiger partial charge in [0, 0.05) is 19.0 Å². The Morgan fingerprint density at radius 1 is 1.09 bits per heavy atom. The maximum absolute atomic E-state index is 5.43. The predicted octanol–water partition coefficient (Wildman–Crippen LogP) is 3.80. The van der Waals surface area contributed by atoms with Crippen LogP contribution in [0.2, 0.25) is 0 Å². The quantitative estimate of drug-likeness (QED) is 0.844. The summed E-state index contributed by atoms with van der Waals surface area (Å²) in [4.78, 5) is 7.22. The Morgan fingerprint density at radius 3 is 2.35 bits per heavy atom. The maximum atomic E-state index is 5.43. The number of anilines is 1. The van der Waals surface area contributed by atoms with Crippen molar-refractivity contribution in [2.24, 2.45) is 0 Å². The van der Waals surface area contributed by atoms with Gasteiger partial charge in [0.2, 0.25) is 0 Å². The topological polar surface area (TPSA) is 42.7 Å². The molecule has 2 aromatic heterocycles. The van der Waals surface area contributed by atoms with Crippen molar-refractivity contribution in [1.29, 1.82) is 0 Å². The van der Waals surface area contributed by atoms with Crippen molar-refractivity contribution in [3.05, 3.63) is 23.7 Å². The zero-order valence-corrected chi connectivity index (χ0v) is 15.2. The first kappa shape index (κ1) is 17.7. The number of imidazole rings is 1. The summed E-state index contributed by atoms with van der Waals surface area (Å²) in [5.74, 6) is 0.666. The van der Waals surface area contributed by atoms with E-state index in [1.165, 1.54) is 29.9 Å². The molecule has 3 heterocycles. The van der Waals surface area contributed by atoms with Gasteiger partial charge >= 0.3 is 0 Å². The number of fused-ring (bicyclic) bond motifs is 1. The minimum Gasteiger partial charge on any atom is -0.378 e. The van der Waals surface area contributed by atoms with Gasteiger partial charge < -0.3 is 9.64 Å². The van der Waals surface area contributed by atoms with E-state index < -0.39 is 0 Å². The van der Waals surface area contributed by atoms with Crippen LogP contribution < -0.4 is 4.90 Å². The van der Waals surface area contributed by atoms with Gasteiger partial charge in [-0.25, -0.2) is 9.50 Å². The molecule has 0 radical (unpaired) electrons. The normalized spacial score (nSPS) is 17.2. The number of hydrogen-bond acceptors (Lipinski definition) is 4. The molecule has 0 unspecified atom stereocenters. The summed E-state index contributed by atoms with van der Waals surface area (Å²) >= 11 is 0. The molecule has 23 heavy (non-hydrogen) atoms. The summed E-state index contributed by atoms with van der Waals surface area (Å²) in [7, 11) is 0. The molecule has 0 aromatic carbocycles. The lowest BCUT2D eigenvalue weighted by molar-refractivity contribution is 0.123. The molecule has 2 aromatic rings. The van der Waals surface area contributed by atoms with E-state index in [9.17, 15) is 0 Å². The summed E-state index contributed by atoms with van der Waals surface area (Å²) < 4.78 is 7.42. The standard InChI is InChI=1S/C14H18N4O.2C2H6/c1-10-13(11-2-3-11)16-14-12(4-5-15-18(10)14)17-6-8-19-9-7-17;2*1-2/h4-5,11H,2-3,6-9H2,1H3;2*1-2H3. The third-order valence-corrected chi connectivity index (χ3v) is 4.07. The first-order valence-electron chi connectivity index (χ1n) is 9.01. The van der Waals surface area contributed by atoms with Crippen molar-refractivity contribution in [1.82, 2.24) is 14.6 Å². The third kappa shape index (κ3) is 3.66. The average Bonchev–Trinajstić information content (AvgIpc) is 3.43. The summed E-state index contributed by atoms with van der Waals surface area (Å²) in [6.07, 6.45) is 4.43. The highest BCUT2D eigenvalue weighted by Crippen LogP contribution is 2.41. The van der Waals surface area contributed by atoms with Gasteiger partial charge in [0.15, 0.2) is 5.65 Å². The number of aromatic nitrogens is 3. The van der Waals surface area contributed by atoms with Crippen LogP contribution in [0.5, 0.6) is 0 Å². The van der Waals surface area contributed by atoms with Crippen LogP contribution in [0.25, 0.3) is 5.65 Å². The van der Waals surface area contributed by atoms with E-state index in [0.717, 1.165) is 32.0 Å². The second kappa shape index (κ2) is 8.29. The third-order valence-electron chi connectivity index (χ3n) is 4.07. The molecular weight excluding hydrogens is 288 g/mol. The monoisotopic (exact) mass is 318 g/mol. The summed E-state index contributed by atoms with van der Waals surface area (Å²) in [6.45, 7) is 13.6. The van der Waals surface area contributed by atoms with Crippen molar-refractivity contribution in [3.63, 3.8) is 0 Å². The molecule has 2 aliphatic rings. The van der Waals surface area contributed by atoms with Crippen molar-refractivity contribution in [2.75, 3.05) is 31.2 Å². The van der Waals surface area contributed by atoms with Crippen molar-refractivity contribution in [3.8, 4) is 0 Å². The van der Waals surface area contributed by atoms with Gasteiger partial charge in [0.25, 0.3) is 0 Å². The average molecular weight is 318 g/mol. The number of aryl methyl sites for hydroxylation is 1. The molecule has 128 valence electrons. The molecular formula is C18H30N4O. The van der Waals surface area contributed by atoms with E-state index >= 15 is 0 Å². The molecule has 0 amide bonds. The summed E-state index contributed by atoms with van der Waals surface area (Å²) in [5.41, 5.74) is 4.64. The van der Waals surface area contributed by atoms with Gasteiger partial charge in [0.1, 0.15) is 0 Å². The molecule has 4 rings (SSSR count). The van der Waals surface area contributed by atoms with Crippen molar-refractivity contribution < 1.29 is 4.74 Å². The molecule has 1 saturated heterocycles. The Labute approximate surface area is 139 Å². The molecule has 0 bridgehead atoms. The van der Waals surface area contributed by atoms with E-state index in [1.807, 2.05) is 38.4 Å². The van der Waals surface area contributed by atoms with Crippen LogP contribution in [0.1, 0.15) is 57.8 Å². The Morgan fingerprint density at radius 2 is 1.74 bits per heavy atom. The Balaban J connectivity index is 0.000000448. The highest BCUT2D eigenvalue weighted by molar-refractivity contribution is 5.69. The molecule has 5 heteroatoms.